The van der Waals surface area contributed by atoms with Gasteiger partial charge in [0.2, 0.25) is 0 Å². The Bertz CT molecular complexity index is 431. The minimum Gasteiger partial charge on any atom is -0.454 e. The van der Waals surface area contributed by atoms with Crippen molar-refractivity contribution in [1.82, 2.24) is 0 Å². The first-order chi connectivity index (χ1) is 8.49. The zero-order valence-electron chi connectivity index (χ0n) is 11.0. The van der Waals surface area contributed by atoms with Gasteiger partial charge in [0.25, 0.3) is 0 Å². The van der Waals surface area contributed by atoms with Crippen LogP contribution < -0.4 is 0 Å². The number of allylic oxidation sites excluding steroid dienone is 1. The summed E-state index contributed by atoms with van der Waals surface area (Å²) in [7, 11) is 0. The maximum atomic E-state index is 11.6. The molecule has 1 N–H and O–H groups in total. The highest BCUT2D eigenvalue weighted by Gasteiger charge is 2.37. The third-order valence-corrected chi connectivity index (χ3v) is 3.84. The summed E-state index contributed by atoms with van der Waals surface area (Å²) >= 11 is 0. The van der Waals surface area contributed by atoms with E-state index in [0.717, 1.165) is 18.4 Å². The van der Waals surface area contributed by atoms with Gasteiger partial charge in [-0.25, -0.2) is 4.79 Å². The molecule has 2 rings (SSSR count). The van der Waals surface area contributed by atoms with Gasteiger partial charge in [0.15, 0.2) is 0 Å². The van der Waals surface area contributed by atoms with Crippen LogP contribution in [0.1, 0.15) is 33.1 Å². The number of hydrogen-bond acceptors (Lipinski definition) is 3. The van der Waals surface area contributed by atoms with Crippen LogP contribution in [0.15, 0.2) is 35.5 Å². The van der Waals surface area contributed by atoms with Crippen LogP contribution in [0.2, 0.25) is 0 Å². The predicted octanol–water partition coefficient (Wildman–Crippen LogP) is 2.52. The lowest BCUT2D eigenvalue weighted by Crippen LogP contribution is -2.18. The molecule has 3 nitrogen and oxygen atoms in total. The second-order valence-corrected chi connectivity index (χ2v) is 5.25. The van der Waals surface area contributed by atoms with Crippen molar-refractivity contribution in [2.75, 3.05) is 0 Å². The molecule has 0 radical (unpaired) electrons. The maximum absolute atomic E-state index is 11.6. The van der Waals surface area contributed by atoms with E-state index in [9.17, 15) is 9.90 Å². The summed E-state index contributed by atoms with van der Waals surface area (Å²) in [4.78, 5) is 11.6. The van der Waals surface area contributed by atoms with E-state index in [-0.39, 0.29) is 18.0 Å². The summed E-state index contributed by atoms with van der Waals surface area (Å²) in [5, 5.41) is 9.99. The molecule has 1 aliphatic carbocycles. The van der Waals surface area contributed by atoms with Crippen LogP contribution in [0.4, 0.5) is 0 Å². The van der Waals surface area contributed by atoms with Gasteiger partial charge in [-0.05, 0) is 44.8 Å². The molecule has 0 aromatic heterocycles. The van der Waals surface area contributed by atoms with Crippen molar-refractivity contribution in [3.05, 3.63) is 35.5 Å². The molecule has 0 saturated carbocycles. The first-order valence-electron chi connectivity index (χ1n) is 6.41. The monoisotopic (exact) mass is 248 g/mol. The van der Waals surface area contributed by atoms with E-state index >= 15 is 0 Å². The minimum atomic E-state index is -0.494. The summed E-state index contributed by atoms with van der Waals surface area (Å²) in [6.45, 7) is 7.76. The van der Waals surface area contributed by atoms with E-state index in [1.54, 1.807) is 0 Å². The number of aliphatic hydroxyl groups is 1. The fraction of sp³-hybridized carbons (Fsp3) is 0.533. The Morgan fingerprint density at radius 1 is 1.44 bits per heavy atom. The second kappa shape index (κ2) is 5.11. The molecule has 0 spiro atoms. The van der Waals surface area contributed by atoms with E-state index in [1.165, 1.54) is 5.57 Å². The van der Waals surface area contributed by atoms with Gasteiger partial charge in [-0.3, -0.25) is 0 Å². The van der Waals surface area contributed by atoms with Gasteiger partial charge in [-0.15, -0.1) is 0 Å². The van der Waals surface area contributed by atoms with Gasteiger partial charge >= 0.3 is 5.97 Å². The number of hydrogen-bond donors (Lipinski definition) is 1. The average molecular weight is 248 g/mol. The Kier molecular flexibility index (Phi) is 3.71. The van der Waals surface area contributed by atoms with Gasteiger partial charge < -0.3 is 9.84 Å². The number of rotatable bonds is 0. The van der Waals surface area contributed by atoms with E-state index in [0.29, 0.717) is 12.0 Å². The predicted molar refractivity (Wildman–Crippen MR) is 69.9 cm³/mol. The van der Waals surface area contributed by atoms with Gasteiger partial charge in [0.05, 0.1) is 6.10 Å². The summed E-state index contributed by atoms with van der Waals surface area (Å²) < 4.78 is 5.32. The normalized spacial score (nSPS) is 39.2. The summed E-state index contributed by atoms with van der Waals surface area (Å²) in [5.41, 5.74) is 2.67. The van der Waals surface area contributed by atoms with Gasteiger partial charge in [0, 0.05) is 11.5 Å². The smallest absolute Gasteiger partial charge is 0.334 e. The molecular weight excluding hydrogens is 228 g/mol. The number of carbonyl (C=O) groups excluding carboxylic acids is 1. The summed E-state index contributed by atoms with van der Waals surface area (Å²) in [6.07, 6.45) is 5.61. The molecule has 0 aromatic rings. The highest BCUT2D eigenvalue weighted by molar-refractivity contribution is 5.91. The van der Waals surface area contributed by atoms with Crippen molar-refractivity contribution < 1.29 is 14.6 Å². The third kappa shape index (κ3) is 2.56. The number of aliphatic hydroxyl groups excluding tert-OH is 1. The fourth-order valence-corrected chi connectivity index (χ4v) is 2.47. The molecule has 1 fully saturated rings. The second-order valence-electron chi connectivity index (χ2n) is 5.25. The lowest BCUT2D eigenvalue weighted by Gasteiger charge is -2.19. The van der Waals surface area contributed by atoms with E-state index in [4.69, 9.17) is 4.74 Å². The third-order valence-electron chi connectivity index (χ3n) is 3.84. The molecule has 3 heteroatoms. The Balaban J connectivity index is 2.29. The minimum absolute atomic E-state index is 0.0427. The standard InChI is InChI=1S/C15H20O3/c1-9-4-6-12-11(3)15(17)18-14(12)8-10(2)13(16)7-5-9/h5,8,12-14,16H,3-4,6-7H2,1-2H3/b9-5+,10-8+. The molecule has 2 aliphatic rings. The fourth-order valence-electron chi connectivity index (χ4n) is 2.47. The van der Waals surface area contributed by atoms with Crippen LogP contribution in [0.5, 0.6) is 0 Å². The molecule has 1 aliphatic heterocycles. The average Bonchev–Trinajstić information content (AvgIpc) is 2.59. The molecule has 0 amide bonds. The lowest BCUT2D eigenvalue weighted by molar-refractivity contribution is -0.137. The number of fused-ring (bicyclic) bond motifs is 1. The zero-order chi connectivity index (χ0) is 13.3. The highest BCUT2D eigenvalue weighted by Crippen LogP contribution is 2.34. The van der Waals surface area contributed by atoms with Crippen LogP contribution in [-0.4, -0.2) is 23.3 Å². The quantitative estimate of drug-likeness (QED) is 0.407. The van der Waals surface area contributed by atoms with E-state index < -0.39 is 6.10 Å². The van der Waals surface area contributed by atoms with Gasteiger partial charge in [-0.1, -0.05) is 18.2 Å². The van der Waals surface area contributed by atoms with Gasteiger partial charge in [0.1, 0.15) is 6.10 Å². The molecule has 0 aromatic carbocycles. The largest absolute Gasteiger partial charge is 0.454 e. The van der Waals surface area contributed by atoms with E-state index in [2.05, 4.69) is 19.6 Å². The van der Waals surface area contributed by atoms with E-state index in [1.807, 2.05) is 13.0 Å². The van der Waals surface area contributed by atoms with Crippen LogP contribution in [-0.2, 0) is 9.53 Å². The van der Waals surface area contributed by atoms with Crippen molar-refractivity contribution in [3.63, 3.8) is 0 Å². The van der Waals surface area contributed by atoms with Crippen LogP contribution in [0.25, 0.3) is 0 Å². The molecule has 1 heterocycles. The Morgan fingerprint density at radius 3 is 2.89 bits per heavy atom. The Labute approximate surface area is 108 Å². The van der Waals surface area contributed by atoms with Crippen molar-refractivity contribution in [3.8, 4) is 0 Å². The summed E-state index contributed by atoms with van der Waals surface area (Å²) in [5.74, 6) is -0.259. The highest BCUT2D eigenvalue weighted by atomic mass is 16.5. The molecule has 1 saturated heterocycles. The Hall–Kier alpha value is -1.35. The number of ether oxygens (including phenoxy) is 1. The number of esters is 1. The molecule has 98 valence electrons. The molecular formula is C15H20O3. The van der Waals surface area contributed by atoms with Crippen LogP contribution >= 0.6 is 0 Å². The molecule has 3 atom stereocenters. The topological polar surface area (TPSA) is 46.5 Å². The SMILES string of the molecule is C=C1C(=O)OC2/C=C(\C)C(O)C/C=C(\C)CCC12. The maximum Gasteiger partial charge on any atom is 0.334 e. The first-order valence-corrected chi connectivity index (χ1v) is 6.41. The molecule has 18 heavy (non-hydrogen) atoms. The summed E-state index contributed by atoms with van der Waals surface area (Å²) in [6, 6.07) is 0. The van der Waals surface area contributed by atoms with Crippen molar-refractivity contribution in [2.24, 2.45) is 5.92 Å². The lowest BCUT2D eigenvalue weighted by atomic mass is 9.88. The van der Waals surface area contributed by atoms with Gasteiger partial charge in [-0.2, -0.15) is 0 Å². The molecule has 0 bridgehead atoms. The van der Waals surface area contributed by atoms with Crippen molar-refractivity contribution in [2.45, 2.75) is 45.3 Å². The Morgan fingerprint density at radius 2 is 2.17 bits per heavy atom. The van der Waals surface area contributed by atoms with Crippen LogP contribution in [0, 0.1) is 5.92 Å². The van der Waals surface area contributed by atoms with Crippen molar-refractivity contribution >= 4 is 5.97 Å². The zero-order valence-corrected chi connectivity index (χ0v) is 11.0. The number of carbonyl (C=O) groups is 1. The van der Waals surface area contributed by atoms with Crippen molar-refractivity contribution in [1.29, 1.82) is 0 Å². The molecule has 3 unspecified atom stereocenters. The van der Waals surface area contributed by atoms with Crippen LogP contribution in [0.3, 0.4) is 0 Å². The first kappa shape index (κ1) is 13.1.